The van der Waals surface area contributed by atoms with Gasteiger partial charge in [0.25, 0.3) is 0 Å². The summed E-state index contributed by atoms with van der Waals surface area (Å²) >= 11 is 1.46. The number of nitrogens with one attached hydrogen (secondary N) is 1. The van der Waals surface area contributed by atoms with E-state index in [-0.39, 0.29) is 5.92 Å². The molecular weight excluding hydrogens is 286 g/mol. The highest BCUT2D eigenvalue weighted by Crippen LogP contribution is 2.30. The molecule has 2 heterocycles. The number of anilines is 1. The second-order valence-electron chi connectivity index (χ2n) is 5.13. The van der Waals surface area contributed by atoms with Crippen molar-refractivity contribution in [2.24, 2.45) is 7.05 Å². The van der Waals surface area contributed by atoms with E-state index in [0.717, 1.165) is 35.2 Å². The van der Waals surface area contributed by atoms with Gasteiger partial charge in [-0.2, -0.15) is 0 Å². The van der Waals surface area contributed by atoms with Crippen molar-refractivity contribution in [2.75, 3.05) is 11.9 Å². The van der Waals surface area contributed by atoms with E-state index in [0.29, 0.717) is 5.16 Å². The number of aromatic nitrogens is 6. The molecule has 0 spiro atoms. The van der Waals surface area contributed by atoms with Crippen molar-refractivity contribution in [3.63, 3.8) is 0 Å². The molecule has 8 heteroatoms. The molecule has 1 N–H and O–H groups in total. The van der Waals surface area contributed by atoms with E-state index in [1.807, 2.05) is 14.0 Å². The van der Waals surface area contributed by atoms with Gasteiger partial charge in [-0.25, -0.2) is 14.6 Å². The SMILES string of the molecule is CCCNc1nc(C(C)C)nc(Sc2nnnn2C)c1C. The van der Waals surface area contributed by atoms with Gasteiger partial charge < -0.3 is 5.32 Å². The second-order valence-corrected chi connectivity index (χ2v) is 6.09. The van der Waals surface area contributed by atoms with Gasteiger partial charge in [0, 0.05) is 25.1 Å². The highest BCUT2D eigenvalue weighted by atomic mass is 32.2. The normalized spacial score (nSPS) is 11.1. The molecule has 114 valence electrons. The highest BCUT2D eigenvalue weighted by Gasteiger charge is 2.16. The van der Waals surface area contributed by atoms with E-state index < -0.39 is 0 Å². The maximum absolute atomic E-state index is 4.66. The predicted octanol–water partition coefficient (Wildman–Crippen LogP) is 2.41. The molecule has 2 aromatic heterocycles. The number of tetrazole rings is 1. The molecular formula is C13H21N7S. The largest absolute Gasteiger partial charge is 0.370 e. The van der Waals surface area contributed by atoms with Crippen molar-refractivity contribution in [2.45, 2.75) is 50.2 Å². The third-order valence-electron chi connectivity index (χ3n) is 2.95. The quantitative estimate of drug-likeness (QED) is 0.821. The fraction of sp³-hybridized carbons (Fsp3) is 0.615. The molecule has 0 bridgehead atoms. The Balaban J connectivity index is 2.38. The summed E-state index contributed by atoms with van der Waals surface area (Å²) in [5, 5.41) is 16.5. The second kappa shape index (κ2) is 6.84. The van der Waals surface area contributed by atoms with Gasteiger partial charge in [0.2, 0.25) is 5.16 Å². The van der Waals surface area contributed by atoms with Gasteiger partial charge in [0.05, 0.1) is 0 Å². The van der Waals surface area contributed by atoms with Crippen LogP contribution in [0.3, 0.4) is 0 Å². The molecule has 7 nitrogen and oxygen atoms in total. The maximum atomic E-state index is 4.66. The summed E-state index contributed by atoms with van der Waals surface area (Å²) in [6.45, 7) is 9.23. The summed E-state index contributed by atoms with van der Waals surface area (Å²) in [4.78, 5) is 9.29. The molecule has 0 unspecified atom stereocenters. The number of aryl methyl sites for hydroxylation is 1. The molecule has 0 saturated carbocycles. The number of hydrogen-bond acceptors (Lipinski definition) is 7. The molecule has 0 amide bonds. The van der Waals surface area contributed by atoms with Crippen molar-refractivity contribution in [1.82, 2.24) is 30.2 Å². The summed E-state index contributed by atoms with van der Waals surface area (Å²) < 4.78 is 1.64. The van der Waals surface area contributed by atoms with Crippen LogP contribution < -0.4 is 5.32 Å². The summed E-state index contributed by atoms with van der Waals surface area (Å²) in [7, 11) is 1.82. The van der Waals surface area contributed by atoms with E-state index in [1.165, 1.54) is 11.8 Å². The minimum atomic E-state index is 0.268. The van der Waals surface area contributed by atoms with Gasteiger partial charge >= 0.3 is 0 Å². The summed E-state index contributed by atoms with van der Waals surface area (Å²) in [6.07, 6.45) is 1.05. The van der Waals surface area contributed by atoms with E-state index >= 15 is 0 Å². The third kappa shape index (κ3) is 3.69. The van der Waals surface area contributed by atoms with Crippen molar-refractivity contribution in [3.05, 3.63) is 11.4 Å². The number of nitrogens with zero attached hydrogens (tertiary/aromatic N) is 6. The Morgan fingerprint density at radius 1 is 1.29 bits per heavy atom. The minimum absolute atomic E-state index is 0.268. The Labute approximate surface area is 129 Å². The first-order chi connectivity index (χ1) is 10.0. The van der Waals surface area contributed by atoms with E-state index in [9.17, 15) is 0 Å². The van der Waals surface area contributed by atoms with Crippen LogP contribution in [0.5, 0.6) is 0 Å². The summed E-state index contributed by atoms with van der Waals surface area (Å²) in [5.41, 5.74) is 1.03. The van der Waals surface area contributed by atoms with Crippen LogP contribution in [0, 0.1) is 6.92 Å². The van der Waals surface area contributed by atoms with Crippen molar-refractivity contribution >= 4 is 17.6 Å². The predicted molar refractivity (Wildman–Crippen MR) is 82.6 cm³/mol. The average Bonchev–Trinajstić information content (AvgIpc) is 2.85. The highest BCUT2D eigenvalue weighted by molar-refractivity contribution is 7.99. The monoisotopic (exact) mass is 307 g/mol. The average molecular weight is 307 g/mol. The molecule has 0 aromatic carbocycles. The smallest absolute Gasteiger partial charge is 0.215 e. The van der Waals surface area contributed by atoms with Crippen LogP contribution in [0.25, 0.3) is 0 Å². The molecule has 0 aliphatic heterocycles. The molecule has 2 rings (SSSR count). The van der Waals surface area contributed by atoms with Gasteiger partial charge in [-0.05, 0) is 35.5 Å². The zero-order chi connectivity index (χ0) is 15.4. The Hall–Kier alpha value is -1.70. The number of hydrogen-bond donors (Lipinski definition) is 1. The van der Waals surface area contributed by atoms with Gasteiger partial charge in [-0.3, -0.25) is 0 Å². The fourth-order valence-electron chi connectivity index (χ4n) is 1.68. The lowest BCUT2D eigenvalue weighted by Gasteiger charge is -2.14. The van der Waals surface area contributed by atoms with E-state index in [4.69, 9.17) is 0 Å². The van der Waals surface area contributed by atoms with Crippen molar-refractivity contribution < 1.29 is 0 Å². The van der Waals surface area contributed by atoms with Crippen LogP contribution in [-0.4, -0.2) is 36.7 Å². The van der Waals surface area contributed by atoms with E-state index in [1.54, 1.807) is 4.68 Å². The van der Waals surface area contributed by atoms with Crippen LogP contribution in [0.1, 0.15) is 44.5 Å². The Morgan fingerprint density at radius 2 is 2.05 bits per heavy atom. The molecule has 0 radical (unpaired) electrons. The van der Waals surface area contributed by atoms with Crippen LogP contribution in [0.2, 0.25) is 0 Å². The van der Waals surface area contributed by atoms with Gasteiger partial charge in [-0.1, -0.05) is 20.8 Å². The van der Waals surface area contributed by atoms with Crippen LogP contribution >= 0.6 is 11.8 Å². The molecule has 0 aliphatic rings. The molecule has 0 saturated heterocycles. The topological polar surface area (TPSA) is 81.4 Å². The first-order valence-electron chi connectivity index (χ1n) is 7.05. The molecule has 0 aliphatic carbocycles. The van der Waals surface area contributed by atoms with Crippen molar-refractivity contribution in [1.29, 1.82) is 0 Å². The zero-order valence-corrected chi connectivity index (χ0v) is 13.9. The maximum Gasteiger partial charge on any atom is 0.215 e. The Morgan fingerprint density at radius 3 is 2.62 bits per heavy atom. The molecule has 21 heavy (non-hydrogen) atoms. The Kier molecular flexibility index (Phi) is 5.11. The lowest BCUT2D eigenvalue weighted by molar-refractivity contribution is 0.663. The Bertz CT molecular complexity index is 609. The minimum Gasteiger partial charge on any atom is -0.370 e. The first kappa shape index (κ1) is 15.7. The van der Waals surface area contributed by atoms with Crippen LogP contribution in [0.15, 0.2) is 10.2 Å². The molecule has 2 aromatic rings. The summed E-state index contributed by atoms with van der Waals surface area (Å²) in [5.74, 6) is 2.00. The molecule has 0 atom stereocenters. The van der Waals surface area contributed by atoms with Gasteiger partial charge in [0.1, 0.15) is 16.7 Å². The number of rotatable bonds is 6. The standard InChI is InChI=1S/C13H21N7S/c1-6-7-14-11-9(4)12(16-10(15-11)8(2)3)21-13-17-18-19-20(13)5/h8H,6-7H2,1-5H3,(H,14,15,16). The van der Waals surface area contributed by atoms with Crippen LogP contribution in [-0.2, 0) is 7.05 Å². The van der Waals surface area contributed by atoms with Gasteiger partial charge in [0.15, 0.2) is 0 Å². The fourth-order valence-corrected chi connectivity index (χ4v) is 2.49. The molecule has 0 fully saturated rings. The summed E-state index contributed by atoms with van der Waals surface area (Å²) in [6, 6.07) is 0. The lowest BCUT2D eigenvalue weighted by atomic mass is 10.2. The van der Waals surface area contributed by atoms with Crippen molar-refractivity contribution in [3.8, 4) is 0 Å². The zero-order valence-electron chi connectivity index (χ0n) is 13.1. The third-order valence-corrected chi connectivity index (χ3v) is 4.07. The lowest BCUT2D eigenvalue weighted by Crippen LogP contribution is -2.10. The van der Waals surface area contributed by atoms with Gasteiger partial charge in [-0.15, -0.1) is 5.10 Å². The van der Waals surface area contributed by atoms with Crippen LogP contribution in [0.4, 0.5) is 5.82 Å². The first-order valence-corrected chi connectivity index (χ1v) is 7.87. The van der Waals surface area contributed by atoms with E-state index in [2.05, 4.69) is 51.6 Å².